The maximum absolute atomic E-state index is 12.5. The average molecular weight is 390 g/mol. The second kappa shape index (κ2) is 5.87. The number of sulfonamides is 1. The summed E-state index contributed by atoms with van der Waals surface area (Å²) in [5.74, 6) is 0. The van der Waals surface area contributed by atoms with Gasteiger partial charge < -0.3 is 5.73 Å². The fraction of sp³-hybridized carbons (Fsp3) is 0.143. The molecule has 0 bridgehead atoms. The number of rotatable bonds is 3. The van der Waals surface area contributed by atoms with Crippen LogP contribution >= 0.6 is 27.5 Å². The van der Waals surface area contributed by atoms with E-state index in [1.54, 1.807) is 6.07 Å². The van der Waals surface area contributed by atoms with Gasteiger partial charge in [0.2, 0.25) is 0 Å². The van der Waals surface area contributed by atoms with Gasteiger partial charge in [0.15, 0.2) is 0 Å². The molecule has 3 N–H and O–H groups in total. The van der Waals surface area contributed by atoms with Crippen molar-refractivity contribution in [2.24, 2.45) is 0 Å². The summed E-state index contributed by atoms with van der Waals surface area (Å²) in [4.78, 5) is 0.00692. The largest absolute Gasteiger partial charge is 0.398 e. The highest BCUT2D eigenvalue weighted by Gasteiger charge is 2.21. The number of nitrogens with two attached hydrogens (primary N) is 1. The van der Waals surface area contributed by atoms with Crippen LogP contribution in [0.25, 0.3) is 0 Å². The Labute approximate surface area is 137 Å². The lowest BCUT2D eigenvalue weighted by molar-refractivity contribution is 0.600. The summed E-state index contributed by atoms with van der Waals surface area (Å²) in [5, 5.41) is 0.261. The fourth-order valence-corrected chi connectivity index (χ4v) is 4.33. The van der Waals surface area contributed by atoms with Crippen LogP contribution in [0.1, 0.15) is 11.1 Å². The van der Waals surface area contributed by atoms with Gasteiger partial charge in [0, 0.05) is 10.7 Å². The summed E-state index contributed by atoms with van der Waals surface area (Å²) in [5.41, 5.74) is 8.42. The second-order valence-electron chi connectivity index (χ2n) is 4.73. The molecule has 21 heavy (non-hydrogen) atoms. The summed E-state index contributed by atoms with van der Waals surface area (Å²) in [6.45, 7) is 3.78. The number of nitrogens with one attached hydrogen (secondary N) is 1. The highest BCUT2D eigenvalue weighted by Crippen LogP contribution is 2.33. The van der Waals surface area contributed by atoms with Crippen molar-refractivity contribution in [1.82, 2.24) is 0 Å². The third kappa shape index (κ3) is 3.51. The molecule has 0 aliphatic heterocycles. The monoisotopic (exact) mass is 388 g/mol. The van der Waals surface area contributed by atoms with Gasteiger partial charge in [-0.3, -0.25) is 4.72 Å². The molecule has 4 nitrogen and oxygen atoms in total. The fourth-order valence-electron chi connectivity index (χ4n) is 1.91. The number of nitrogen functional groups attached to an aromatic ring is 1. The molecule has 0 atom stereocenters. The zero-order valence-corrected chi connectivity index (χ0v) is 14.6. The van der Waals surface area contributed by atoms with Gasteiger partial charge in [0.25, 0.3) is 10.0 Å². The van der Waals surface area contributed by atoms with Gasteiger partial charge in [-0.2, -0.15) is 0 Å². The van der Waals surface area contributed by atoms with E-state index < -0.39 is 10.0 Å². The minimum absolute atomic E-state index is 0.00692. The van der Waals surface area contributed by atoms with Crippen LogP contribution in [0.4, 0.5) is 11.4 Å². The summed E-state index contributed by atoms with van der Waals surface area (Å²) < 4.78 is 27.9. The van der Waals surface area contributed by atoms with E-state index in [9.17, 15) is 8.42 Å². The molecule has 7 heteroatoms. The zero-order valence-electron chi connectivity index (χ0n) is 11.4. The second-order valence-corrected chi connectivity index (χ2v) is 7.61. The van der Waals surface area contributed by atoms with Gasteiger partial charge in [0.05, 0.1) is 10.2 Å². The number of benzene rings is 2. The van der Waals surface area contributed by atoms with Crippen LogP contribution in [0.3, 0.4) is 0 Å². The van der Waals surface area contributed by atoms with Gasteiger partial charge >= 0.3 is 0 Å². The van der Waals surface area contributed by atoms with E-state index >= 15 is 0 Å². The van der Waals surface area contributed by atoms with Crippen LogP contribution in [-0.2, 0) is 10.0 Å². The van der Waals surface area contributed by atoms with Gasteiger partial charge in [-0.1, -0.05) is 29.3 Å². The molecule has 2 aromatic rings. The van der Waals surface area contributed by atoms with Crippen molar-refractivity contribution < 1.29 is 8.42 Å². The summed E-state index contributed by atoms with van der Waals surface area (Å²) in [6.07, 6.45) is 0. The molecule has 0 aliphatic carbocycles. The van der Waals surface area contributed by atoms with Gasteiger partial charge in [-0.05, 0) is 53.5 Å². The predicted octanol–water partition coefficient (Wildman–Crippen LogP) is 4.10. The van der Waals surface area contributed by atoms with Crippen molar-refractivity contribution in [1.29, 1.82) is 0 Å². The van der Waals surface area contributed by atoms with Crippen LogP contribution in [0, 0.1) is 13.8 Å². The Kier molecular flexibility index (Phi) is 4.51. The Morgan fingerprint density at radius 2 is 1.86 bits per heavy atom. The first-order chi connectivity index (χ1) is 9.70. The molecule has 0 saturated heterocycles. The van der Waals surface area contributed by atoms with Crippen LogP contribution in [0.15, 0.2) is 39.7 Å². The first-order valence-electron chi connectivity index (χ1n) is 6.05. The summed E-state index contributed by atoms with van der Waals surface area (Å²) in [7, 11) is -3.79. The Bertz CT molecular complexity index is 807. The Morgan fingerprint density at radius 1 is 1.19 bits per heavy atom. The smallest absolute Gasteiger partial charge is 0.263 e. The van der Waals surface area contributed by atoms with Crippen molar-refractivity contribution in [2.45, 2.75) is 18.7 Å². The van der Waals surface area contributed by atoms with E-state index in [-0.39, 0.29) is 15.6 Å². The van der Waals surface area contributed by atoms with E-state index in [1.165, 1.54) is 12.1 Å². The van der Waals surface area contributed by atoms with Crippen molar-refractivity contribution in [3.8, 4) is 0 Å². The third-order valence-electron chi connectivity index (χ3n) is 2.95. The van der Waals surface area contributed by atoms with Crippen molar-refractivity contribution in [3.63, 3.8) is 0 Å². The molecule has 2 rings (SSSR count). The molecule has 0 aromatic heterocycles. The van der Waals surface area contributed by atoms with Crippen molar-refractivity contribution in [3.05, 3.63) is 51.0 Å². The van der Waals surface area contributed by atoms with Crippen molar-refractivity contribution >= 4 is 48.9 Å². The molecule has 0 spiro atoms. The lowest BCUT2D eigenvalue weighted by atomic mass is 10.1. The van der Waals surface area contributed by atoms with Crippen LogP contribution in [0.2, 0.25) is 5.02 Å². The number of halogens is 2. The Hall–Kier alpha value is -1.24. The number of hydrogen-bond donors (Lipinski definition) is 2. The van der Waals surface area contributed by atoms with E-state index in [1.807, 2.05) is 26.0 Å². The molecule has 2 aromatic carbocycles. The standard InChI is InChI=1S/C14H14BrClN2O2S/c1-8-3-4-12(9(2)5-8)18-21(19,20)13-7-10(16)6-11(17)14(13)15/h3-7,18H,17H2,1-2H3. The summed E-state index contributed by atoms with van der Waals surface area (Å²) >= 11 is 9.08. The minimum Gasteiger partial charge on any atom is -0.398 e. The minimum atomic E-state index is -3.79. The van der Waals surface area contributed by atoms with E-state index in [4.69, 9.17) is 17.3 Å². The predicted molar refractivity (Wildman–Crippen MR) is 90.3 cm³/mol. The van der Waals surface area contributed by atoms with E-state index in [0.29, 0.717) is 10.2 Å². The topological polar surface area (TPSA) is 72.2 Å². The van der Waals surface area contributed by atoms with Crippen LogP contribution < -0.4 is 10.5 Å². The molecule has 0 amide bonds. The lowest BCUT2D eigenvalue weighted by Crippen LogP contribution is -2.15. The van der Waals surface area contributed by atoms with Gasteiger partial charge in [-0.15, -0.1) is 0 Å². The van der Waals surface area contributed by atoms with E-state index in [0.717, 1.165) is 11.1 Å². The normalized spacial score (nSPS) is 11.4. The molecule has 0 saturated carbocycles. The third-order valence-corrected chi connectivity index (χ3v) is 5.70. The molecule has 0 fully saturated rings. The van der Waals surface area contributed by atoms with E-state index in [2.05, 4.69) is 20.7 Å². The number of aryl methyl sites for hydroxylation is 2. The lowest BCUT2D eigenvalue weighted by Gasteiger charge is -2.13. The van der Waals surface area contributed by atoms with Crippen LogP contribution in [0.5, 0.6) is 0 Å². The highest BCUT2D eigenvalue weighted by molar-refractivity contribution is 9.10. The molecule has 0 unspecified atom stereocenters. The van der Waals surface area contributed by atoms with Crippen LogP contribution in [-0.4, -0.2) is 8.42 Å². The molecule has 0 aliphatic rings. The molecule has 0 radical (unpaired) electrons. The number of hydrogen-bond acceptors (Lipinski definition) is 3. The molecule has 112 valence electrons. The highest BCUT2D eigenvalue weighted by atomic mass is 79.9. The molecule has 0 heterocycles. The van der Waals surface area contributed by atoms with Crippen molar-refractivity contribution in [2.75, 3.05) is 10.5 Å². The SMILES string of the molecule is Cc1ccc(NS(=O)(=O)c2cc(Cl)cc(N)c2Br)c(C)c1. The summed E-state index contributed by atoms with van der Waals surface area (Å²) in [6, 6.07) is 8.31. The number of anilines is 2. The Morgan fingerprint density at radius 3 is 2.48 bits per heavy atom. The quantitative estimate of drug-likeness (QED) is 0.776. The van der Waals surface area contributed by atoms with Gasteiger partial charge in [0.1, 0.15) is 4.90 Å². The Balaban J connectivity index is 2.48. The zero-order chi connectivity index (χ0) is 15.8. The molecular formula is C14H14BrClN2O2S. The molecular weight excluding hydrogens is 376 g/mol. The average Bonchev–Trinajstić information content (AvgIpc) is 2.37. The van der Waals surface area contributed by atoms with Gasteiger partial charge in [-0.25, -0.2) is 8.42 Å². The first kappa shape index (κ1) is 16.1. The first-order valence-corrected chi connectivity index (χ1v) is 8.71. The maximum atomic E-state index is 12.5. The maximum Gasteiger partial charge on any atom is 0.263 e.